The normalized spacial score (nSPS) is 12.1. The molecule has 0 saturated carbocycles. The van der Waals surface area contributed by atoms with Gasteiger partial charge in [0.1, 0.15) is 5.82 Å². The van der Waals surface area contributed by atoms with Gasteiger partial charge in [-0.1, -0.05) is 19.1 Å². The highest BCUT2D eigenvalue weighted by Crippen LogP contribution is 2.11. The Hall–Kier alpha value is -1.91. The second-order valence-corrected chi connectivity index (χ2v) is 4.88. The number of hydrogen-bond acceptors (Lipinski definition) is 4. The fourth-order valence-electron chi connectivity index (χ4n) is 1.67. The lowest BCUT2D eigenvalue weighted by Gasteiger charge is -2.12. The van der Waals surface area contributed by atoms with Crippen LogP contribution in [0.2, 0.25) is 0 Å². The molecule has 4 nitrogen and oxygen atoms in total. The molecule has 1 aromatic carbocycles. The predicted octanol–water partition coefficient (Wildman–Crippen LogP) is 2.50. The number of halogens is 1. The second kappa shape index (κ2) is 7.62. The van der Waals surface area contributed by atoms with Crippen molar-refractivity contribution in [1.82, 2.24) is 0 Å². The standard InChI is InChI=1S/C15H19FO4/c1-10(2)20-14(17)9-19-15(18)11(3)7-12-5-4-6-13(16)8-12/h4-6,8,10-11H,7,9H2,1-3H3. The van der Waals surface area contributed by atoms with E-state index in [2.05, 4.69) is 0 Å². The van der Waals surface area contributed by atoms with Crippen molar-refractivity contribution in [1.29, 1.82) is 0 Å². The highest BCUT2D eigenvalue weighted by molar-refractivity contribution is 5.77. The van der Waals surface area contributed by atoms with Gasteiger partial charge in [0.2, 0.25) is 0 Å². The third-order valence-electron chi connectivity index (χ3n) is 2.53. The average Bonchev–Trinajstić information content (AvgIpc) is 2.35. The molecule has 1 rings (SSSR count). The van der Waals surface area contributed by atoms with Gasteiger partial charge in [0, 0.05) is 0 Å². The van der Waals surface area contributed by atoms with Crippen molar-refractivity contribution in [3.63, 3.8) is 0 Å². The highest BCUT2D eigenvalue weighted by atomic mass is 19.1. The molecule has 0 heterocycles. The Balaban J connectivity index is 2.41. The van der Waals surface area contributed by atoms with Crippen molar-refractivity contribution < 1.29 is 23.5 Å². The maximum atomic E-state index is 13.0. The highest BCUT2D eigenvalue weighted by Gasteiger charge is 2.17. The van der Waals surface area contributed by atoms with Crippen LogP contribution in [0.15, 0.2) is 24.3 Å². The van der Waals surface area contributed by atoms with Crippen molar-refractivity contribution in [2.24, 2.45) is 5.92 Å². The maximum Gasteiger partial charge on any atom is 0.344 e. The van der Waals surface area contributed by atoms with Crippen LogP contribution in [0.3, 0.4) is 0 Å². The van der Waals surface area contributed by atoms with Crippen LogP contribution < -0.4 is 0 Å². The zero-order valence-corrected chi connectivity index (χ0v) is 11.9. The lowest BCUT2D eigenvalue weighted by Crippen LogP contribution is -2.23. The van der Waals surface area contributed by atoms with Crippen LogP contribution in [0.5, 0.6) is 0 Å². The summed E-state index contributed by atoms with van der Waals surface area (Å²) in [5.74, 6) is -1.88. The first-order chi connectivity index (χ1) is 9.38. The minimum Gasteiger partial charge on any atom is -0.460 e. The Labute approximate surface area is 117 Å². The molecule has 0 spiro atoms. The summed E-state index contributed by atoms with van der Waals surface area (Å²) in [5.41, 5.74) is 0.708. The van der Waals surface area contributed by atoms with E-state index < -0.39 is 24.5 Å². The van der Waals surface area contributed by atoms with Crippen molar-refractivity contribution in [2.45, 2.75) is 33.3 Å². The Morgan fingerprint density at radius 2 is 1.95 bits per heavy atom. The summed E-state index contributed by atoms with van der Waals surface area (Å²) in [7, 11) is 0. The zero-order chi connectivity index (χ0) is 15.1. The molecule has 0 fully saturated rings. The number of benzene rings is 1. The van der Waals surface area contributed by atoms with Crippen LogP contribution in [0, 0.1) is 11.7 Å². The Morgan fingerprint density at radius 3 is 2.55 bits per heavy atom. The van der Waals surface area contributed by atoms with E-state index in [1.54, 1.807) is 32.9 Å². The molecule has 0 N–H and O–H groups in total. The number of ether oxygens (including phenoxy) is 2. The molecular weight excluding hydrogens is 263 g/mol. The third kappa shape index (κ3) is 5.82. The van der Waals surface area contributed by atoms with Crippen molar-refractivity contribution in [2.75, 3.05) is 6.61 Å². The Kier molecular flexibility index (Phi) is 6.15. The first-order valence-corrected chi connectivity index (χ1v) is 6.49. The van der Waals surface area contributed by atoms with Gasteiger partial charge in [-0.25, -0.2) is 9.18 Å². The van der Waals surface area contributed by atoms with E-state index >= 15 is 0 Å². The number of esters is 2. The van der Waals surface area contributed by atoms with Gasteiger partial charge in [-0.15, -0.1) is 0 Å². The smallest absolute Gasteiger partial charge is 0.344 e. The summed E-state index contributed by atoms with van der Waals surface area (Å²) in [6, 6.07) is 6.04. The van der Waals surface area contributed by atoms with E-state index in [9.17, 15) is 14.0 Å². The quantitative estimate of drug-likeness (QED) is 0.752. The lowest BCUT2D eigenvalue weighted by atomic mass is 10.0. The topological polar surface area (TPSA) is 52.6 Å². The molecule has 0 aliphatic carbocycles. The molecule has 1 atom stereocenters. The molecule has 0 aliphatic heterocycles. The van der Waals surface area contributed by atoms with Crippen molar-refractivity contribution >= 4 is 11.9 Å². The fourth-order valence-corrected chi connectivity index (χ4v) is 1.67. The summed E-state index contributed by atoms with van der Waals surface area (Å²) in [4.78, 5) is 22.9. The van der Waals surface area contributed by atoms with Gasteiger partial charge < -0.3 is 9.47 Å². The minimum atomic E-state index is -0.577. The van der Waals surface area contributed by atoms with Gasteiger partial charge in [-0.3, -0.25) is 4.79 Å². The average molecular weight is 282 g/mol. The van der Waals surface area contributed by atoms with Crippen LogP contribution in [-0.2, 0) is 25.5 Å². The molecule has 0 amide bonds. The maximum absolute atomic E-state index is 13.0. The van der Waals surface area contributed by atoms with Gasteiger partial charge in [0.25, 0.3) is 0 Å². The van der Waals surface area contributed by atoms with Gasteiger partial charge in [0.15, 0.2) is 6.61 Å². The number of carbonyl (C=O) groups is 2. The summed E-state index contributed by atoms with van der Waals surface area (Å²) in [6.07, 6.45) is 0.112. The summed E-state index contributed by atoms with van der Waals surface area (Å²) in [6.45, 7) is 4.70. The monoisotopic (exact) mass is 282 g/mol. The van der Waals surface area contributed by atoms with E-state index in [1.165, 1.54) is 12.1 Å². The largest absolute Gasteiger partial charge is 0.460 e. The fraction of sp³-hybridized carbons (Fsp3) is 0.467. The van der Waals surface area contributed by atoms with E-state index in [0.717, 1.165) is 0 Å². The van der Waals surface area contributed by atoms with Crippen LogP contribution >= 0.6 is 0 Å². The van der Waals surface area contributed by atoms with E-state index in [4.69, 9.17) is 9.47 Å². The SMILES string of the molecule is CC(C)OC(=O)COC(=O)C(C)Cc1cccc(F)c1. The van der Waals surface area contributed by atoms with Gasteiger partial charge in [0.05, 0.1) is 12.0 Å². The first-order valence-electron chi connectivity index (χ1n) is 6.49. The summed E-state index contributed by atoms with van der Waals surface area (Å²) >= 11 is 0. The van der Waals surface area contributed by atoms with Crippen molar-refractivity contribution in [3.8, 4) is 0 Å². The molecule has 1 unspecified atom stereocenters. The zero-order valence-electron chi connectivity index (χ0n) is 11.9. The Bertz CT molecular complexity index is 471. The number of rotatable bonds is 6. The molecule has 0 saturated heterocycles. The number of hydrogen-bond donors (Lipinski definition) is 0. The molecule has 0 aromatic heterocycles. The van der Waals surface area contributed by atoms with E-state index in [-0.39, 0.29) is 11.9 Å². The van der Waals surface area contributed by atoms with E-state index in [1.807, 2.05) is 0 Å². The molecule has 110 valence electrons. The second-order valence-electron chi connectivity index (χ2n) is 4.88. The van der Waals surface area contributed by atoms with Crippen LogP contribution in [0.25, 0.3) is 0 Å². The van der Waals surface area contributed by atoms with E-state index in [0.29, 0.717) is 12.0 Å². The molecular formula is C15H19FO4. The van der Waals surface area contributed by atoms with Gasteiger partial charge >= 0.3 is 11.9 Å². The van der Waals surface area contributed by atoms with Gasteiger partial charge in [-0.2, -0.15) is 0 Å². The molecule has 5 heteroatoms. The lowest BCUT2D eigenvalue weighted by molar-refractivity contribution is -0.163. The summed E-state index contributed by atoms with van der Waals surface area (Å²) < 4.78 is 22.7. The Morgan fingerprint density at radius 1 is 1.25 bits per heavy atom. The van der Waals surface area contributed by atoms with Crippen LogP contribution in [-0.4, -0.2) is 24.6 Å². The minimum absolute atomic E-state index is 0.245. The first kappa shape index (κ1) is 16.1. The molecule has 20 heavy (non-hydrogen) atoms. The molecule has 0 bridgehead atoms. The molecule has 1 aromatic rings. The van der Waals surface area contributed by atoms with Crippen molar-refractivity contribution in [3.05, 3.63) is 35.6 Å². The van der Waals surface area contributed by atoms with Gasteiger partial charge in [-0.05, 0) is 38.0 Å². The third-order valence-corrected chi connectivity index (χ3v) is 2.53. The molecule has 0 radical (unpaired) electrons. The molecule has 0 aliphatic rings. The van der Waals surface area contributed by atoms with Crippen LogP contribution in [0.1, 0.15) is 26.3 Å². The predicted molar refractivity (Wildman–Crippen MR) is 71.5 cm³/mol. The summed E-state index contributed by atoms with van der Waals surface area (Å²) in [5, 5.41) is 0. The number of carbonyl (C=O) groups excluding carboxylic acids is 2. The van der Waals surface area contributed by atoms with Crippen LogP contribution in [0.4, 0.5) is 4.39 Å².